The number of nitrogens with one attached hydrogen (secondary N) is 1. The molecule has 0 bridgehead atoms. The van der Waals surface area contributed by atoms with Gasteiger partial charge in [-0.2, -0.15) is 0 Å². The summed E-state index contributed by atoms with van der Waals surface area (Å²) in [5.74, 6) is 0.994. The lowest BCUT2D eigenvalue weighted by Crippen LogP contribution is -2.55. The zero-order chi connectivity index (χ0) is 19.6. The van der Waals surface area contributed by atoms with Gasteiger partial charge >= 0.3 is 0 Å². The van der Waals surface area contributed by atoms with Crippen molar-refractivity contribution in [3.8, 4) is 0 Å². The second-order valence-corrected chi connectivity index (χ2v) is 7.82. The van der Waals surface area contributed by atoms with Gasteiger partial charge in [-0.05, 0) is 46.0 Å². The minimum atomic E-state index is -0.272. The number of hydrogen-bond donors (Lipinski definition) is 1. The van der Waals surface area contributed by atoms with Crippen LogP contribution in [0.25, 0.3) is 0 Å². The molecular weight excluding hydrogens is 346 g/mol. The van der Waals surface area contributed by atoms with Crippen LogP contribution in [-0.4, -0.2) is 53.2 Å². The molecule has 1 saturated carbocycles. The molecule has 0 spiro atoms. The molecule has 1 aromatic heterocycles. The molecule has 2 aliphatic rings. The first-order valence-electron chi connectivity index (χ1n) is 9.96. The van der Waals surface area contributed by atoms with Crippen LogP contribution >= 0.6 is 0 Å². The van der Waals surface area contributed by atoms with Gasteiger partial charge in [0.1, 0.15) is 5.76 Å². The van der Waals surface area contributed by atoms with E-state index in [9.17, 15) is 9.59 Å². The molecule has 7 heteroatoms. The number of amides is 2. The Labute approximate surface area is 160 Å². The number of methoxy groups -OCH3 is 1. The van der Waals surface area contributed by atoms with E-state index in [2.05, 4.69) is 10.5 Å². The van der Waals surface area contributed by atoms with Crippen molar-refractivity contribution in [2.24, 2.45) is 0 Å². The number of ether oxygens (including phenoxy) is 1. The molecule has 3 atom stereocenters. The largest absolute Gasteiger partial charge is 0.376 e. The van der Waals surface area contributed by atoms with Crippen LogP contribution in [0.2, 0.25) is 0 Å². The minimum absolute atomic E-state index is 0.0237. The lowest BCUT2D eigenvalue weighted by molar-refractivity contribution is -0.137. The van der Waals surface area contributed by atoms with Crippen molar-refractivity contribution in [1.82, 2.24) is 15.4 Å². The highest BCUT2D eigenvalue weighted by atomic mass is 16.5. The van der Waals surface area contributed by atoms with Crippen molar-refractivity contribution in [2.45, 2.75) is 83.4 Å². The number of carbonyl (C=O) groups is 2. The van der Waals surface area contributed by atoms with Crippen molar-refractivity contribution in [2.75, 3.05) is 13.7 Å². The van der Waals surface area contributed by atoms with Crippen molar-refractivity contribution in [3.05, 3.63) is 17.0 Å². The van der Waals surface area contributed by atoms with E-state index in [4.69, 9.17) is 9.26 Å². The van der Waals surface area contributed by atoms with E-state index in [1.54, 1.807) is 7.11 Å². The third-order valence-electron chi connectivity index (χ3n) is 6.37. The topological polar surface area (TPSA) is 84.7 Å². The fourth-order valence-electron chi connectivity index (χ4n) is 4.69. The van der Waals surface area contributed by atoms with Crippen molar-refractivity contribution in [1.29, 1.82) is 0 Å². The Balaban J connectivity index is 1.67. The first-order valence-corrected chi connectivity index (χ1v) is 9.96. The molecular formula is C20H31N3O4. The summed E-state index contributed by atoms with van der Waals surface area (Å²) in [7, 11) is 1.75. The number of nitrogens with zero attached hydrogens (tertiary/aromatic N) is 2. The lowest BCUT2D eigenvalue weighted by Gasteiger charge is -2.43. The van der Waals surface area contributed by atoms with Gasteiger partial charge in [-0.3, -0.25) is 9.59 Å². The molecule has 1 saturated heterocycles. The average molecular weight is 377 g/mol. The van der Waals surface area contributed by atoms with Crippen molar-refractivity contribution < 1.29 is 18.8 Å². The zero-order valence-electron chi connectivity index (χ0n) is 16.8. The van der Waals surface area contributed by atoms with Crippen molar-refractivity contribution >= 4 is 11.8 Å². The monoisotopic (exact) mass is 377 g/mol. The summed E-state index contributed by atoms with van der Waals surface area (Å²) in [5, 5.41) is 7.07. The number of aromatic nitrogens is 1. The molecule has 1 aliphatic carbocycles. The molecule has 2 fully saturated rings. The van der Waals surface area contributed by atoms with Crippen LogP contribution < -0.4 is 5.32 Å². The molecule has 27 heavy (non-hydrogen) atoms. The van der Waals surface area contributed by atoms with E-state index in [-0.39, 0.29) is 29.5 Å². The Kier molecular flexibility index (Phi) is 5.89. The van der Waals surface area contributed by atoms with Gasteiger partial charge in [-0.15, -0.1) is 0 Å². The molecule has 2 heterocycles. The third kappa shape index (κ3) is 3.88. The van der Waals surface area contributed by atoms with Crippen LogP contribution in [0, 0.1) is 13.8 Å². The average Bonchev–Trinajstić information content (AvgIpc) is 3.20. The maximum absolute atomic E-state index is 13.0. The van der Waals surface area contributed by atoms with Gasteiger partial charge in [-0.1, -0.05) is 12.1 Å². The molecule has 1 aliphatic heterocycles. The second kappa shape index (κ2) is 8.00. The van der Waals surface area contributed by atoms with E-state index >= 15 is 0 Å². The Hall–Kier alpha value is -1.89. The quantitative estimate of drug-likeness (QED) is 0.822. The van der Waals surface area contributed by atoms with Crippen LogP contribution in [0.15, 0.2) is 4.52 Å². The summed E-state index contributed by atoms with van der Waals surface area (Å²) in [6.07, 6.45) is 4.95. The molecule has 2 amide bonds. The highest BCUT2D eigenvalue weighted by molar-refractivity contribution is 5.78. The molecule has 7 nitrogen and oxygen atoms in total. The van der Waals surface area contributed by atoms with Gasteiger partial charge in [0, 0.05) is 38.1 Å². The van der Waals surface area contributed by atoms with E-state index in [0.717, 1.165) is 42.7 Å². The van der Waals surface area contributed by atoms with E-state index in [0.29, 0.717) is 25.8 Å². The van der Waals surface area contributed by atoms with E-state index in [1.165, 1.54) is 0 Å². The fourth-order valence-corrected chi connectivity index (χ4v) is 4.69. The first-order chi connectivity index (χ1) is 12.9. The molecule has 0 radical (unpaired) electrons. The van der Waals surface area contributed by atoms with Crippen LogP contribution in [0.4, 0.5) is 0 Å². The van der Waals surface area contributed by atoms with Gasteiger partial charge in [-0.25, -0.2) is 0 Å². The highest BCUT2D eigenvalue weighted by Crippen LogP contribution is 2.42. The zero-order valence-corrected chi connectivity index (χ0v) is 16.8. The second-order valence-electron chi connectivity index (χ2n) is 7.82. The standard InChI is InChI=1S/C20H31N3O4/c1-5-18(24)21-15-8-9-20(26-4)10-11-23(17(20)12-15)19(25)7-6-16-13(2)22-27-14(16)3/h15,17H,5-12H2,1-4H3,(H,21,24)/t15-,17+,20-/m1/s1. The highest BCUT2D eigenvalue weighted by Gasteiger charge is 2.52. The van der Waals surface area contributed by atoms with Crippen LogP contribution in [0.1, 0.15) is 62.5 Å². The smallest absolute Gasteiger partial charge is 0.223 e. The van der Waals surface area contributed by atoms with Crippen LogP contribution in [0.5, 0.6) is 0 Å². The fraction of sp³-hybridized carbons (Fsp3) is 0.750. The Morgan fingerprint density at radius 3 is 2.78 bits per heavy atom. The number of rotatable bonds is 6. The number of likely N-dealkylation sites (tertiary alicyclic amines) is 1. The van der Waals surface area contributed by atoms with Crippen LogP contribution in [0.3, 0.4) is 0 Å². The maximum atomic E-state index is 13.0. The third-order valence-corrected chi connectivity index (χ3v) is 6.37. The molecule has 1 aromatic rings. The Bertz CT molecular complexity index is 682. The predicted molar refractivity (Wildman–Crippen MR) is 100 cm³/mol. The van der Waals surface area contributed by atoms with Gasteiger partial charge in [0.25, 0.3) is 0 Å². The summed E-state index contributed by atoms with van der Waals surface area (Å²) in [4.78, 5) is 26.8. The van der Waals surface area contributed by atoms with Crippen LogP contribution in [-0.2, 0) is 20.7 Å². The van der Waals surface area contributed by atoms with Gasteiger partial charge in [0.2, 0.25) is 11.8 Å². The number of hydrogen-bond acceptors (Lipinski definition) is 5. The molecule has 3 rings (SSSR count). The number of aryl methyl sites for hydroxylation is 2. The number of carbonyl (C=O) groups excluding carboxylic acids is 2. The van der Waals surface area contributed by atoms with E-state index < -0.39 is 0 Å². The maximum Gasteiger partial charge on any atom is 0.223 e. The molecule has 150 valence electrons. The summed E-state index contributed by atoms with van der Waals surface area (Å²) in [5.41, 5.74) is 1.61. The summed E-state index contributed by atoms with van der Waals surface area (Å²) < 4.78 is 11.1. The predicted octanol–water partition coefficient (Wildman–Crippen LogP) is 2.29. The van der Waals surface area contributed by atoms with Crippen molar-refractivity contribution in [3.63, 3.8) is 0 Å². The minimum Gasteiger partial charge on any atom is -0.376 e. The van der Waals surface area contributed by atoms with Gasteiger partial charge in [0.15, 0.2) is 0 Å². The SMILES string of the molecule is CCC(=O)N[C@@H]1CC[C@@]2(OC)CCN(C(=O)CCc3c(C)noc3C)[C@H]2C1. The number of fused-ring (bicyclic) bond motifs is 1. The summed E-state index contributed by atoms with van der Waals surface area (Å²) in [6, 6.07) is 0.136. The Morgan fingerprint density at radius 2 is 2.15 bits per heavy atom. The molecule has 1 N–H and O–H groups in total. The molecule has 0 unspecified atom stereocenters. The van der Waals surface area contributed by atoms with Gasteiger partial charge in [0.05, 0.1) is 17.3 Å². The summed E-state index contributed by atoms with van der Waals surface area (Å²) in [6.45, 7) is 6.36. The van der Waals surface area contributed by atoms with E-state index in [1.807, 2.05) is 25.7 Å². The summed E-state index contributed by atoms with van der Waals surface area (Å²) >= 11 is 0. The Morgan fingerprint density at radius 1 is 1.37 bits per heavy atom. The normalized spacial score (nSPS) is 27.5. The molecule has 0 aromatic carbocycles. The first kappa shape index (κ1) is 19.9. The van der Waals surface area contributed by atoms with Gasteiger partial charge < -0.3 is 19.5 Å². The lowest BCUT2D eigenvalue weighted by atomic mass is 9.78.